The molecule has 0 aromatic heterocycles. The molecular formula is C12H21N2O+. The first-order valence-electron chi connectivity index (χ1n) is 5.58. The van der Waals surface area contributed by atoms with E-state index < -0.39 is 0 Å². The number of hydrogen-bond donors (Lipinski definition) is 2. The highest BCUT2D eigenvalue weighted by Crippen LogP contribution is 2.12. The molecule has 1 aromatic rings. The van der Waals surface area contributed by atoms with Gasteiger partial charge >= 0.3 is 0 Å². The van der Waals surface area contributed by atoms with Crippen LogP contribution in [0.1, 0.15) is 13.8 Å². The fraction of sp³-hybridized carbons (Fsp3) is 0.500. The van der Waals surface area contributed by atoms with Crippen LogP contribution in [0.4, 0.5) is 5.69 Å². The van der Waals surface area contributed by atoms with Crippen LogP contribution in [0.5, 0.6) is 5.75 Å². The lowest BCUT2D eigenvalue weighted by atomic mass is 10.3. The van der Waals surface area contributed by atoms with Gasteiger partial charge in [-0.05, 0) is 38.1 Å². The van der Waals surface area contributed by atoms with Crippen molar-refractivity contribution in [3.05, 3.63) is 24.3 Å². The van der Waals surface area contributed by atoms with E-state index in [0.29, 0.717) is 0 Å². The zero-order chi connectivity index (χ0) is 11.1. The van der Waals surface area contributed by atoms with E-state index in [2.05, 4.69) is 13.8 Å². The van der Waals surface area contributed by atoms with Gasteiger partial charge in [0.2, 0.25) is 0 Å². The lowest BCUT2D eigenvalue weighted by molar-refractivity contribution is -0.896. The molecule has 0 fully saturated rings. The normalized spacial score (nSPS) is 10.6. The summed E-state index contributed by atoms with van der Waals surface area (Å²) in [7, 11) is 0. The van der Waals surface area contributed by atoms with E-state index in [9.17, 15) is 0 Å². The Morgan fingerprint density at radius 1 is 1.13 bits per heavy atom. The lowest BCUT2D eigenvalue weighted by Crippen LogP contribution is -3.12. The number of rotatable bonds is 6. The summed E-state index contributed by atoms with van der Waals surface area (Å²) in [5.74, 6) is 0.899. The summed E-state index contributed by atoms with van der Waals surface area (Å²) in [5, 5.41) is 0. The van der Waals surface area contributed by atoms with Gasteiger partial charge in [-0.15, -0.1) is 0 Å². The van der Waals surface area contributed by atoms with Crippen LogP contribution >= 0.6 is 0 Å². The van der Waals surface area contributed by atoms with Crippen molar-refractivity contribution in [2.45, 2.75) is 13.8 Å². The Morgan fingerprint density at radius 2 is 1.73 bits per heavy atom. The molecule has 0 spiro atoms. The Bertz CT molecular complexity index is 267. The monoisotopic (exact) mass is 209 g/mol. The van der Waals surface area contributed by atoms with Crippen LogP contribution in [-0.4, -0.2) is 26.2 Å². The molecule has 0 amide bonds. The first-order chi connectivity index (χ1) is 7.26. The average molecular weight is 209 g/mol. The molecule has 0 atom stereocenters. The summed E-state index contributed by atoms with van der Waals surface area (Å²) in [6.45, 7) is 8.52. The number of anilines is 1. The van der Waals surface area contributed by atoms with Crippen LogP contribution < -0.4 is 15.4 Å². The minimum Gasteiger partial charge on any atom is -0.488 e. The molecule has 3 heteroatoms. The van der Waals surface area contributed by atoms with Crippen molar-refractivity contribution < 1.29 is 9.64 Å². The SMILES string of the molecule is CC[NH+](CC)CCOc1ccc(N)cc1. The van der Waals surface area contributed by atoms with E-state index in [1.165, 1.54) is 0 Å². The number of nitrogen functional groups attached to an aromatic ring is 1. The molecule has 0 unspecified atom stereocenters. The summed E-state index contributed by atoms with van der Waals surface area (Å²) in [6, 6.07) is 7.54. The number of nitrogens with one attached hydrogen (secondary N) is 1. The molecule has 0 saturated heterocycles. The van der Waals surface area contributed by atoms with Gasteiger partial charge in [0, 0.05) is 5.69 Å². The third-order valence-electron chi connectivity index (χ3n) is 2.60. The maximum Gasteiger partial charge on any atom is 0.137 e. The van der Waals surface area contributed by atoms with Gasteiger partial charge in [-0.3, -0.25) is 0 Å². The smallest absolute Gasteiger partial charge is 0.137 e. The minimum atomic E-state index is 0.765. The van der Waals surface area contributed by atoms with E-state index in [1.807, 2.05) is 24.3 Å². The van der Waals surface area contributed by atoms with E-state index in [-0.39, 0.29) is 0 Å². The van der Waals surface area contributed by atoms with Gasteiger partial charge in [0.25, 0.3) is 0 Å². The first-order valence-corrected chi connectivity index (χ1v) is 5.58. The summed E-state index contributed by atoms with van der Waals surface area (Å²) < 4.78 is 5.62. The predicted octanol–water partition coefficient (Wildman–Crippen LogP) is 0.572. The summed E-state index contributed by atoms with van der Waals surface area (Å²) >= 11 is 0. The molecule has 1 aromatic carbocycles. The van der Waals surface area contributed by atoms with Gasteiger partial charge < -0.3 is 15.4 Å². The van der Waals surface area contributed by atoms with Crippen molar-refractivity contribution in [2.75, 3.05) is 32.0 Å². The highest BCUT2D eigenvalue weighted by Gasteiger charge is 2.02. The average Bonchev–Trinajstić information content (AvgIpc) is 2.27. The number of quaternary nitrogens is 1. The Balaban J connectivity index is 2.28. The predicted molar refractivity (Wildman–Crippen MR) is 63.3 cm³/mol. The summed E-state index contributed by atoms with van der Waals surface area (Å²) in [6.07, 6.45) is 0. The van der Waals surface area contributed by atoms with Gasteiger partial charge in [-0.25, -0.2) is 0 Å². The van der Waals surface area contributed by atoms with E-state index >= 15 is 0 Å². The molecular weight excluding hydrogens is 188 g/mol. The second kappa shape index (κ2) is 6.30. The van der Waals surface area contributed by atoms with E-state index in [0.717, 1.165) is 37.7 Å². The van der Waals surface area contributed by atoms with Crippen LogP contribution in [0, 0.1) is 0 Å². The standard InChI is InChI=1S/C12H20N2O/c1-3-14(4-2)9-10-15-12-7-5-11(13)6-8-12/h5-8H,3-4,9-10,13H2,1-2H3/p+1. The Labute approximate surface area is 91.8 Å². The minimum absolute atomic E-state index is 0.765. The third kappa shape index (κ3) is 4.21. The molecule has 0 radical (unpaired) electrons. The maximum atomic E-state index is 5.62. The van der Waals surface area contributed by atoms with Gasteiger partial charge in [-0.1, -0.05) is 0 Å². The zero-order valence-electron chi connectivity index (χ0n) is 9.62. The first kappa shape index (κ1) is 11.9. The second-order valence-corrected chi connectivity index (χ2v) is 3.62. The number of likely N-dealkylation sites (N-methyl/N-ethyl adjacent to an activating group) is 1. The Morgan fingerprint density at radius 3 is 2.27 bits per heavy atom. The zero-order valence-corrected chi connectivity index (χ0v) is 9.62. The molecule has 0 aliphatic heterocycles. The summed E-state index contributed by atoms with van der Waals surface area (Å²) in [4.78, 5) is 1.56. The highest BCUT2D eigenvalue weighted by molar-refractivity contribution is 5.41. The van der Waals surface area contributed by atoms with Crippen molar-refractivity contribution in [3.8, 4) is 5.75 Å². The second-order valence-electron chi connectivity index (χ2n) is 3.62. The third-order valence-corrected chi connectivity index (χ3v) is 2.60. The molecule has 0 heterocycles. The highest BCUT2D eigenvalue weighted by atomic mass is 16.5. The molecule has 84 valence electrons. The van der Waals surface area contributed by atoms with Crippen molar-refractivity contribution in [3.63, 3.8) is 0 Å². The fourth-order valence-electron chi connectivity index (χ4n) is 1.48. The summed E-state index contributed by atoms with van der Waals surface area (Å²) in [5.41, 5.74) is 6.36. The lowest BCUT2D eigenvalue weighted by Gasteiger charge is -2.15. The molecule has 15 heavy (non-hydrogen) atoms. The van der Waals surface area contributed by atoms with Crippen molar-refractivity contribution in [1.82, 2.24) is 0 Å². The molecule has 0 aliphatic carbocycles. The molecule has 3 N–H and O–H groups in total. The Hall–Kier alpha value is -1.22. The van der Waals surface area contributed by atoms with Crippen LogP contribution in [-0.2, 0) is 0 Å². The number of benzene rings is 1. The molecule has 1 rings (SSSR count). The topological polar surface area (TPSA) is 39.7 Å². The Kier molecular flexibility index (Phi) is 4.98. The number of ether oxygens (including phenoxy) is 1. The van der Waals surface area contributed by atoms with E-state index in [1.54, 1.807) is 4.90 Å². The van der Waals surface area contributed by atoms with Gasteiger partial charge in [0.15, 0.2) is 0 Å². The quantitative estimate of drug-likeness (QED) is 0.673. The molecule has 0 saturated carbocycles. The molecule has 0 bridgehead atoms. The van der Waals surface area contributed by atoms with Crippen LogP contribution in [0.15, 0.2) is 24.3 Å². The fourth-order valence-corrected chi connectivity index (χ4v) is 1.48. The van der Waals surface area contributed by atoms with Crippen LogP contribution in [0.25, 0.3) is 0 Å². The molecule has 0 aliphatic rings. The van der Waals surface area contributed by atoms with Crippen LogP contribution in [0.3, 0.4) is 0 Å². The van der Waals surface area contributed by atoms with Crippen molar-refractivity contribution in [2.24, 2.45) is 0 Å². The van der Waals surface area contributed by atoms with E-state index in [4.69, 9.17) is 10.5 Å². The maximum absolute atomic E-state index is 5.62. The molecule has 3 nitrogen and oxygen atoms in total. The van der Waals surface area contributed by atoms with Gasteiger partial charge in [0.1, 0.15) is 18.9 Å². The van der Waals surface area contributed by atoms with Crippen molar-refractivity contribution in [1.29, 1.82) is 0 Å². The van der Waals surface area contributed by atoms with Gasteiger partial charge in [-0.2, -0.15) is 0 Å². The van der Waals surface area contributed by atoms with Crippen molar-refractivity contribution >= 4 is 5.69 Å². The number of nitrogens with two attached hydrogens (primary N) is 1. The van der Waals surface area contributed by atoms with Gasteiger partial charge in [0.05, 0.1) is 13.1 Å². The van der Waals surface area contributed by atoms with Crippen LogP contribution in [0.2, 0.25) is 0 Å². The largest absolute Gasteiger partial charge is 0.488 e. The number of hydrogen-bond acceptors (Lipinski definition) is 2.